The standard InChI is InChI=1S/C21H16ClF3N2O/c1-11-3-5-13(6-4-11)20-12(2)18-16(27(20)10-21(23,24)25)8-7-15-19(18)14(22)9-17(28)26-15/h3-9H,10H2,1-2H3,(H,26,28). The van der Waals surface area contributed by atoms with E-state index in [9.17, 15) is 18.0 Å². The number of alkyl halides is 3. The molecule has 0 amide bonds. The van der Waals surface area contributed by atoms with Gasteiger partial charge in [0.1, 0.15) is 6.54 Å². The van der Waals surface area contributed by atoms with E-state index >= 15 is 0 Å². The second-order valence-corrected chi connectivity index (χ2v) is 7.31. The number of nitrogens with zero attached hydrogens (tertiary/aromatic N) is 1. The van der Waals surface area contributed by atoms with Crippen LogP contribution in [0.3, 0.4) is 0 Å². The van der Waals surface area contributed by atoms with Crippen molar-refractivity contribution < 1.29 is 13.2 Å². The summed E-state index contributed by atoms with van der Waals surface area (Å²) in [6, 6.07) is 11.8. The van der Waals surface area contributed by atoms with Crippen LogP contribution in [-0.2, 0) is 6.54 Å². The predicted molar refractivity (Wildman–Crippen MR) is 106 cm³/mol. The first-order valence-electron chi connectivity index (χ1n) is 8.64. The van der Waals surface area contributed by atoms with Gasteiger partial charge in [-0.2, -0.15) is 13.2 Å². The van der Waals surface area contributed by atoms with Gasteiger partial charge in [0.15, 0.2) is 0 Å². The summed E-state index contributed by atoms with van der Waals surface area (Å²) >= 11 is 6.32. The predicted octanol–water partition coefficient (Wildman–Crippen LogP) is 5.98. The van der Waals surface area contributed by atoms with Crippen molar-refractivity contribution >= 4 is 33.4 Å². The quantitative estimate of drug-likeness (QED) is 0.438. The molecular formula is C21H16ClF3N2O. The molecule has 3 nitrogen and oxygen atoms in total. The first kappa shape index (κ1) is 18.6. The van der Waals surface area contributed by atoms with Crippen molar-refractivity contribution in [2.24, 2.45) is 0 Å². The lowest BCUT2D eigenvalue weighted by molar-refractivity contribution is -0.139. The Kier molecular flexibility index (Phi) is 4.27. The molecule has 0 spiro atoms. The fraction of sp³-hybridized carbons (Fsp3) is 0.190. The summed E-state index contributed by atoms with van der Waals surface area (Å²) in [5, 5.41) is 1.37. The second-order valence-electron chi connectivity index (χ2n) is 6.90. The molecule has 0 fully saturated rings. The summed E-state index contributed by atoms with van der Waals surface area (Å²) in [4.78, 5) is 14.4. The van der Waals surface area contributed by atoms with Crippen LogP contribution in [0.4, 0.5) is 13.2 Å². The molecule has 0 radical (unpaired) electrons. The molecule has 0 aliphatic carbocycles. The van der Waals surface area contributed by atoms with Crippen LogP contribution in [0.5, 0.6) is 0 Å². The zero-order chi connectivity index (χ0) is 20.2. The average molecular weight is 405 g/mol. The van der Waals surface area contributed by atoms with Crippen LogP contribution in [0.15, 0.2) is 47.3 Å². The van der Waals surface area contributed by atoms with Gasteiger partial charge >= 0.3 is 6.18 Å². The van der Waals surface area contributed by atoms with E-state index < -0.39 is 12.7 Å². The van der Waals surface area contributed by atoms with Gasteiger partial charge in [-0.25, -0.2) is 0 Å². The highest BCUT2D eigenvalue weighted by Gasteiger charge is 2.31. The minimum Gasteiger partial charge on any atom is -0.331 e. The molecule has 0 atom stereocenters. The summed E-state index contributed by atoms with van der Waals surface area (Å²) in [6.07, 6.45) is -4.39. The van der Waals surface area contributed by atoms with Crippen molar-refractivity contribution in [2.45, 2.75) is 26.6 Å². The molecule has 4 aromatic rings. The number of rotatable bonds is 2. The van der Waals surface area contributed by atoms with Crippen LogP contribution in [0.25, 0.3) is 33.1 Å². The summed E-state index contributed by atoms with van der Waals surface area (Å²) < 4.78 is 41.4. The number of aromatic nitrogens is 2. The van der Waals surface area contributed by atoms with Crippen molar-refractivity contribution in [3.8, 4) is 11.3 Å². The van der Waals surface area contributed by atoms with Crippen LogP contribution in [0.2, 0.25) is 5.02 Å². The Bertz CT molecular complexity index is 1270. The molecule has 28 heavy (non-hydrogen) atoms. The number of aryl methyl sites for hydroxylation is 2. The molecule has 0 aliphatic heterocycles. The topological polar surface area (TPSA) is 37.8 Å². The Morgan fingerprint density at radius 1 is 1.04 bits per heavy atom. The molecule has 0 saturated heterocycles. The highest BCUT2D eigenvalue weighted by molar-refractivity contribution is 6.37. The highest BCUT2D eigenvalue weighted by atomic mass is 35.5. The van der Waals surface area contributed by atoms with E-state index in [1.165, 1.54) is 10.6 Å². The molecule has 1 N–H and O–H groups in total. The zero-order valence-corrected chi connectivity index (χ0v) is 15.9. The van der Waals surface area contributed by atoms with Crippen molar-refractivity contribution in [3.05, 3.63) is 69.0 Å². The van der Waals surface area contributed by atoms with E-state index in [0.29, 0.717) is 38.6 Å². The number of aromatic amines is 1. The van der Waals surface area contributed by atoms with E-state index in [1.807, 2.05) is 31.2 Å². The fourth-order valence-corrected chi connectivity index (χ4v) is 4.07. The highest BCUT2D eigenvalue weighted by Crippen LogP contribution is 2.40. The summed E-state index contributed by atoms with van der Waals surface area (Å²) in [5.41, 5.74) is 3.44. The number of hydrogen-bond donors (Lipinski definition) is 1. The third-order valence-electron chi connectivity index (χ3n) is 4.89. The van der Waals surface area contributed by atoms with Gasteiger partial charge in [0.05, 0.1) is 16.2 Å². The van der Waals surface area contributed by atoms with E-state index in [4.69, 9.17) is 11.6 Å². The fourth-order valence-electron chi connectivity index (χ4n) is 3.77. The largest absolute Gasteiger partial charge is 0.406 e. The lowest BCUT2D eigenvalue weighted by atomic mass is 10.0. The first-order chi connectivity index (χ1) is 13.2. The van der Waals surface area contributed by atoms with Gasteiger partial charge in [-0.3, -0.25) is 4.79 Å². The van der Waals surface area contributed by atoms with Crippen LogP contribution in [0, 0.1) is 13.8 Å². The second kappa shape index (κ2) is 6.41. The van der Waals surface area contributed by atoms with Gasteiger partial charge in [-0.05, 0) is 37.1 Å². The van der Waals surface area contributed by atoms with Gasteiger partial charge in [0.2, 0.25) is 5.56 Å². The van der Waals surface area contributed by atoms with Crippen LogP contribution < -0.4 is 5.56 Å². The van der Waals surface area contributed by atoms with Gasteiger partial charge in [-0.1, -0.05) is 41.4 Å². The number of pyridine rings is 1. The Balaban J connectivity index is 2.16. The van der Waals surface area contributed by atoms with Gasteiger partial charge in [0.25, 0.3) is 0 Å². The normalized spacial score (nSPS) is 12.2. The number of fused-ring (bicyclic) bond motifs is 3. The van der Waals surface area contributed by atoms with Crippen molar-refractivity contribution in [1.29, 1.82) is 0 Å². The van der Waals surface area contributed by atoms with Gasteiger partial charge < -0.3 is 9.55 Å². The minimum absolute atomic E-state index is 0.215. The summed E-state index contributed by atoms with van der Waals surface area (Å²) in [7, 11) is 0. The zero-order valence-electron chi connectivity index (χ0n) is 15.1. The van der Waals surface area contributed by atoms with E-state index in [-0.39, 0.29) is 10.6 Å². The smallest absolute Gasteiger partial charge is 0.331 e. The Labute approximate surface area is 163 Å². The minimum atomic E-state index is -4.39. The lowest BCUT2D eigenvalue weighted by Crippen LogP contribution is -2.18. The van der Waals surface area contributed by atoms with Crippen LogP contribution in [0.1, 0.15) is 11.1 Å². The van der Waals surface area contributed by atoms with E-state index in [2.05, 4.69) is 4.98 Å². The molecule has 2 heterocycles. The first-order valence-corrected chi connectivity index (χ1v) is 9.01. The number of nitrogens with one attached hydrogen (secondary N) is 1. The van der Waals surface area contributed by atoms with Crippen molar-refractivity contribution in [1.82, 2.24) is 9.55 Å². The molecule has 0 bridgehead atoms. The molecule has 0 saturated carbocycles. The van der Waals surface area contributed by atoms with E-state index in [1.54, 1.807) is 19.1 Å². The molecule has 4 rings (SSSR count). The number of benzene rings is 2. The molecule has 144 valence electrons. The van der Waals surface area contributed by atoms with Gasteiger partial charge in [0, 0.05) is 22.4 Å². The number of hydrogen-bond acceptors (Lipinski definition) is 1. The Morgan fingerprint density at radius 2 is 1.71 bits per heavy atom. The third kappa shape index (κ3) is 3.07. The molecule has 2 aromatic heterocycles. The summed E-state index contributed by atoms with van der Waals surface area (Å²) in [5.74, 6) is 0. The van der Waals surface area contributed by atoms with Crippen LogP contribution in [-0.4, -0.2) is 15.7 Å². The van der Waals surface area contributed by atoms with Crippen molar-refractivity contribution in [3.63, 3.8) is 0 Å². The monoisotopic (exact) mass is 404 g/mol. The lowest BCUT2D eigenvalue weighted by Gasteiger charge is -2.14. The SMILES string of the molecule is Cc1ccc(-c2c(C)c3c4c(Cl)cc(=O)[nH]c4ccc3n2CC(F)(F)F)cc1. The third-order valence-corrected chi connectivity index (χ3v) is 5.19. The van der Waals surface area contributed by atoms with Crippen molar-refractivity contribution in [2.75, 3.05) is 0 Å². The van der Waals surface area contributed by atoms with Crippen LogP contribution >= 0.6 is 11.6 Å². The van der Waals surface area contributed by atoms with Gasteiger partial charge in [-0.15, -0.1) is 0 Å². The molecule has 0 unspecified atom stereocenters. The maximum absolute atomic E-state index is 13.4. The molecular weight excluding hydrogens is 389 g/mol. The Morgan fingerprint density at radius 3 is 2.36 bits per heavy atom. The number of halogens is 4. The maximum atomic E-state index is 13.4. The average Bonchev–Trinajstić information content (AvgIpc) is 2.86. The Hall–Kier alpha value is -2.73. The molecule has 2 aromatic carbocycles. The molecule has 0 aliphatic rings. The number of H-pyrrole nitrogens is 1. The maximum Gasteiger partial charge on any atom is 0.406 e. The van der Waals surface area contributed by atoms with E-state index in [0.717, 1.165) is 5.56 Å². The molecule has 7 heteroatoms. The summed E-state index contributed by atoms with van der Waals surface area (Å²) in [6.45, 7) is 2.59.